The molecule has 0 spiro atoms. The number of carbonyl (C=O) groups excluding carboxylic acids is 2. The van der Waals surface area contributed by atoms with Crippen LogP contribution in [0.1, 0.15) is 54.9 Å². The van der Waals surface area contributed by atoms with E-state index in [1.54, 1.807) is 24.3 Å². The zero-order chi connectivity index (χ0) is 24.5. The molecule has 2 saturated heterocycles. The summed E-state index contributed by atoms with van der Waals surface area (Å²) in [7, 11) is 0. The van der Waals surface area contributed by atoms with Crippen LogP contribution < -0.4 is 9.80 Å². The van der Waals surface area contributed by atoms with Crippen LogP contribution in [-0.2, 0) is 16.0 Å². The Labute approximate surface area is 205 Å². The average Bonchev–Trinajstić information content (AvgIpc) is 3.44. The van der Waals surface area contributed by atoms with Gasteiger partial charge in [0, 0.05) is 30.0 Å². The van der Waals surface area contributed by atoms with Crippen molar-refractivity contribution in [2.75, 3.05) is 22.9 Å². The Hall–Kier alpha value is -3.80. The summed E-state index contributed by atoms with van der Waals surface area (Å²) < 4.78 is 5.89. The van der Waals surface area contributed by atoms with E-state index in [0.29, 0.717) is 22.8 Å². The lowest BCUT2D eigenvalue weighted by Crippen LogP contribution is -2.30. The first-order valence-electron chi connectivity index (χ1n) is 12.3. The van der Waals surface area contributed by atoms with Crippen molar-refractivity contribution in [3.63, 3.8) is 0 Å². The fraction of sp³-hybridized carbons (Fsp3) is 0.310. The van der Waals surface area contributed by atoms with Gasteiger partial charge in [0.1, 0.15) is 23.3 Å². The summed E-state index contributed by atoms with van der Waals surface area (Å²) >= 11 is 0. The van der Waals surface area contributed by atoms with Crippen LogP contribution >= 0.6 is 0 Å². The summed E-state index contributed by atoms with van der Waals surface area (Å²) in [5.41, 5.74) is 3.34. The van der Waals surface area contributed by atoms with Crippen molar-refractivity contribution in [3.8, 4) is 0 Å². The molecule has 6 nitrogen and oxygen atoms in total. The van der Waals surface area contributed by atoms with E-state index in [0.717, 1.165) is 30.8 Å². The highest BCUT2D eigenvalue weighted by atomic mass is 16.3. The first-order valence-corrected chi connectivity index (χ1v) is 12.3. The summed E-state index contributed by atoms with van der Waals surface area (Å²) in [6.07, 6.45) is 4.47. The highest BCUT2D eigenvalue weighted by Crippen LogP contribution is 2.43. The number of nitrogens with zero attached hydrogens (tertiary/aromatic N) is 2. The summed E-state index contributed by atoms with van der Waals surface area (Å²) in [4.78, 5) is 30.4. The van der Waals surface area contributed by atoms with Crippen molar-refractivity contribution in [2.45, 2.75) is 45.6 Å². The molecule has 0 radical (unpaired) electrons. The summed E-state index contributed by atoms with van der Waals surface area (Å²) in [6.45, 7) is 5.90. The zero-order valence-electron chi connectivity index (χ0n) is 20.2. The third-order valence-corrected chi connectivity index (χ3v) is 6.96. The predicted molar refractivity (Wildman–Crippen MR) is 137 cm³/mol. The Morgan fingerprint density at radius 1 is 0.914 bits per heavy atom. The van der Waals surface area contributed by atoms with Crippen molar-refractivity contribution in [1.82, 2.24) is 0 Å². The highest BCUT2D eigenvalue weighted by Gasteiger charge is 2.48. The van der Waals surface area contributed by atoms with Crippen LogP contribution in [0.4, 0.5) is 11.4 Å². The largest absolute Gasteiger partial charge is 0.507 e. The topological polar surface area (TPSA) is 74.0 Å². The smallest absolute Gasteiger partial charge is 0.300 e. The van der Waals surface area contributed by atoms with E-state index in [9.17, 15) is 14.7 Å². The Morgan fingerprint density at radius 2 is 1.57 bits per heavy atom. The molecule has 0 saturated carbocycles. The molecule has 180 valence electrons. The van der Waals surface area contributed by atoms with Crippen molar-refractivity contribution in [3.05, 3.63) is 88.9 Å². The number of hydrogen-bond acceptors (Lipinski definition) is 5. The van der Waals surface area contributed by atoms with E-state index >= 15 is 0 Å². The number of anilines is 2. The highest BCUT2D eigenvalue weighted by molar-refractivity contribution is 6.51. The Balaban J connectivity index is 1.57. The van der Waals surface area contributed by atoms with E-state index in [1.165, 1.54) is 24.2 Å². The molecule has 2 aliphatic rings. The molecule has 2 fully saturated rings. The second kappa shape index (κ2) is 9.45. The minimum Gasteiger partial charge on any atom is -0.507 e. The van der Waals surface area contributed by atoms with E-state index in [1.807, 2.05) is 43.3 Å². The lowest BCUT2D eigenvalue weighted by molar-refractivity contribution is -0.132. The summed E-state index contributed by atoms with van der Waals surface area (Å²) in [5, 5.41) is 11.2. The molecule has 2 aliphatic heterocycles. The van der Waals surface area contributed by atoms with Gasteiger partial charge in [-0.15, -0.1) is 0 Å². The first-order chi connectivity index (χ1) is 17.0. The summed E-state index contributed by atoms with van der Waals surface area (Å²) in [6, 6.07) is 17.8. The molecule has 3 aromatic rings. The van der Waals surface area contributed by atoms with Gasteiger partial charge in [0.15, 0.2) is 0 Å². The molecular formula is C29H30N2O4. The number of piperidine rings is 1. The molecule has 1 atom stereocenters. The minimum absolute atomic E-state index is 0.0358. The second-order valence-electron chi connectivity index (χ2n) is 9.23. The molecule has 1 N–H and O–H groups in total. The SMILES string of the molecule is CCc1ccc(/C(O)=C2/C(=O)C(=O)N(c3ccc(N4CCCCC4)cc3)C2c2ccc(C)o2)cc1. The average molecular weight is 471 g/mol. The third-order valence-electron chi connectivity index (χ3n) is 6.96. The van der Waals surface area contributed by atoms with Gasteiger partial charge in [0.2, 0.25) is 0 Å². The van der Waals surface area contributed by atoms with Gasteiger partial charge in [-0.1, -0.05) is 31.2 Å². The van der Waals surface area contributed by atoms with Gasteiger partial charge in [-0.3, -0.25) is 14.5 Å². The van der Waals surface area contributed by atoms with Gasteiger partial charge in [0.25, 0.3) is 11.7 Å². The van der Waals surface area contributed by atoms with Crippen LogP contribution in [0, 0.1) is 6.92 Å². The molecule has 1 amide bonds. The van der Waals surface area contributed by atoms with Gasteiger partial charge in [-0.25, -0.2) is 0 Å². The third kappa shape index (κ3) is 4.25. The monoisotopic (exact) mass is 470 g/mol. The van der Waals surface area contributed by atoms with Crippen LogP contribution in [0.3, 0.4) is 0 Å². The molecule has 6 heteroatoms. The molecular weight excluding hydrogens is 440 g/mol. The van der Waals surface area contributed by atoms with Crippen molar-refractivity contribution in [2.24, 2.45) is 0 Å². The fourth-order valence-corrected chi connectivity index (χ4v) is 5.00. The minimum atomic E-state index is -0.851. The normalized spacial score (nSPS) is 20.0. The second-order valence-corrected chi connectivity index (χ2v) is 9.23. The number of carbonyl (C=O) groups is 2. The van der Waals surface area contributed by atoms with Crippen molar-refractivity contribution < 1.29 is 19.1 Å². The lowest BCUT2D eigenvalue weighted by atomic mass is 9.98. The summed E-state index contributed by atoms with van der Waals surface area (Å²) in [5.74, 6) is -0.493. The number of aliphatic hydroxyl groups is 1. The van der Waals surface area contributed by atoms with Gasteiger partial charge in [-0.2, -0.15) is 0 Å². The van der Waals surface area contributed by atoms with Gasteiger partial charge < -0.3 is 14.4 Å². The van der Waals surface area contributed by atoms with Gasteiger partial charge >= 0.3 is 0 Å². The zero-order valence-corrected chi connectivity index (χ0v) is 20.2. The number of aryl methyl sites for hydroxylation is 2. The maximum Gasteiger partial charge on any atom is 0.300 e. The fourth-order valence-electron chi connectivity index (χ4n) is 5.00. The van der Waals surface area contributed by atoms with Crippen molar-refractivity contribution >= 4 is 28.8 Å². The van der Waals surface area contributed by atoms with Crippen molar-refractivity contribution in [1.29, 1.82) is 0 Å². The van der Waals surface area contributed by atoms with E-state index in [-0.39, 0.29) is 11.3 Å². The number of aliphatic hydroxyl groups excluding tert-OH is 1. The standard InChI is InChI=1S/C29H30N2O4/c1-3-20-8-10-21(11-9-20)27(32)25-26(24-16-7-19(2)35-24)31(29(34)28(25)33)23-14-12-22(13-15-23)30-17-5-4-6-18-30/h7-16,26,32H,3-6,17-18H2,1-2H3/b27-25-. The van der Waals surface area contributed by atoms with Gasteiger partial charge in [0.05, 0.1) is 5.57 Å². The first kappa shape index (κ1) is 23.0. The number of benzene rings is 2. The maximum atomic E-state index is 13.3. The molecule has 35 heavy (non-hydrogen) atoms. The molecule has 3 heterocycles. The predicted octanol–water partition coefficient (Wildman–Crippen LogP) is 5.77. The number of Topliss-reactive ketones (excluding diaryl/α,β-unsaturated/α-hetero) is 1. The Kier molecular flexibility index (Phi) is 6.20. The van der Waals surface area contributed by atoms with Crippen LogP contribution in [0.2, 0.25) is 0 Å². The molecule has 5 rings (SSSR count). The van der Waals surface area contributed by atoms with E-state index < -0.39 is 17.7 Å². The number of rotatable bonds is 5. The quantitative estimate of drug-likeness (QED) is 0.291. The van der Waals surface area contributed by atoms with Crippen LogP contribution in [0.5, 0.6) is 0 Å². The lowest BCUT2D eigenvalue weighted by Gasteiger charge is -2.29. The van der Waals surface area contributed by atoms with E-state index in [4.69, 9.17) is 4.42 Å². The Bertz CT molecular complexity index is 1260. The van der Waals surface area contributed by atoms with E-state index in [2.05, 4.69) is 11.8 Å². The van der Waals surface area contributed by atoms with Crippen LogP contribution in [-0.4, -0.2) is 29.9 Å². The number of amides is 1. The van der Waals surface area contributed by atoms with Gasteiger partial charge in [-0.05, 0) is 74.6 Å². The molecule has 2 aromatic carbocycles. The number of ketones is 1. The van der Waals surface area contributed by atoms with Crippen LogP contribution in [0.15, 0.2) is 70.7 Å². The maximum absolute atomic E-state index is 13.3. The molecule has 1 aromatic heterocycles. The number of hydrogen-bond donors (Lipinski definition) is 1. The van der Waals surface area contributed by atoms with Crippen LogP contribution in [0.25, 0.3) is 5.76 Å². The molecule has 1 unspecified atom stereocenters. The molecule has 0 aliphatic carbocycles. The number of furan rings is 1. The Morgan fingerprint density at radius 3 is 2.17 bits per heavy atom. The molecule has 0 bridgehead atoms.